The number of fused-ring (bicyclic) bond motifs is 1. The van der Waals surface area contributed by atoms with Gasteiger partial charge in [0.25, 0.3) is 5.91 Å². The van der Waals surface area contributed by atoms with Crippen LogP contribution in [-0.2, 0) is 5.92 Å². The average molecular weight is 547 g/mol. The Balaban J connectivity index is 1.53. The Bertz CT molecular complexity index is 1470. The second-order valence-electron chi connectivity index (χ2n) is 7.95. The summed E-state index contributed by atoms with van der Waals surface area (Å²) in [5.41, 5.74) is -0.871. The number of alkyl halides is 9. The smallest absolute Gasteiger partial charge is 0.340 e. The number of nitrogens with one attached hydrogen (secondary N) is 3. The molecule has 4 rings (SSSR count). The fraction of sp³-hybridized carbons (Fsp3) is 0.174. The first-order valence-electron chi connectivity index (χ1n) is 10.4. The van der Waals surface area contributed by atoms with Crippen LogP contribution in [0.5, 0.6) is 0 Å². The molecule has 0 saturated carbocycles. The van der Waals surface area contributed by atoms with Crippen LogP contribution in [0.15, 0.2) is 67.0 Å². The molecule has 0 bridgehead atoms. The van der Waals surface area contributed by atoms with Gasteiger partial charge in [-0.15, -0.1) is 0 Å². The first-order chi connectivity index (χ1) is 17.6. The van der Waals surface area contributed by atoms with Crippen LogP contribution >= 0.6 is 0 Å². The van der Waals surface area contributed by atoms with Crippen molar-refractivity contribution in [1.82, 2.24) is 15.2 Å². The molecule has 0 atom stereocenters. The van der Waals surface area contributed by atoms with Crippen LogP contribution in [0.25, 0.3) is 10.9 Å². The van der Waals surface area contributed by atoms with Crippen LogP contribution in [-0.4, -0.2) is 39.1 Å². The molecule has 15 heteroatoms. The number of amides is 1. The molecule has 0 spiro atoms. The van der Waals surface area contributed by atoms with Crippen molar-refractivity contribution in [2.45, 2.75) is 23.9 Å². The zero-order valence-electron chi connectivity index (χ0n) is 18.6. The molecule has 0 aliphatic heterocycles. The highest BCUT2D eigenvalue weighted by Gasteiger charge is 2.82. The van der Waals surface area contributed by atoms with E-state index in [1.807, 2.05) is 0 Å². The number of H-pyrrole nitrogens is 1. The quantitative estimate of drug-likeness (QED) is 0.221. The predicted octanol–water partition coefficient (Wildman–Crippen LogP) is 6.88. The molecule has 2 aromatic heterocycles. The second-order valence-corrected chi connectivity index (χ2v) is 7.95. The number of pyridine rings is 1. The maximum absolute atomic E-state index is 14.1. The topological polar surface area (TPSA) is 82.7 Å². The van der Waals surface area contributed by atoms with Crippen LogP contribution in [0.1, 0.15) is 15.9 Å². The standard InChI is InChI=1S/C23H14F9N5O/c24-20(25,21(26,27)22(28,29)23(30,31)32)13-4-7-14(8-5-13)36-19(38)16-2-1-9-33-18(16)35-15-6-3-12-11-34-37-17(12)10-15/h1-11H,(H,33,35)(H,34,37)(H,36,38). The highest BCUT2D eigenvalue weighted by Crippen LogP contribution is 2.56. The largest absolute Gasteiger partial charge is 0.460 e. The van der Waals surface area contributed by atoms with E-state index in [2.05, 4.69) is 25.8 Å². The van der Waals surface area contributed by atoms with E-state index in [0.29, 0.717) is 23.3 Å². The maximum Gasteiger partial charge on any atom is 0.460 e. The minimum Gasteiger partial charge on any atom is -0.340 e. The van der Waals surface area contributed by atoms with Gasteiger partial charge in [-0.2, -0.15) is 44.6 Å². The van der Waals surface area contributed by atoms with Crippen molar-refractivity contribution in [1.29, 1.82) is 0 Å². The number of carbonyl (C=O) groups excluding carboxylic acids is 1. The Morgan fingerprint density at radius 2 is 1.47 bits per heavy atom. The summed E-state index contributed by atoms with van der Waals surface area (Å²) in [7, 11) is 0. The summed E-state index contributed by atoms with van der Waals surface area (Å²) in [5, 5.41) is 12.7. The summed E-state index contributed by atoms with van der Waals surface area (Å²) >= 11 is 0. The van der Waals surface area contributed by atoms with Crippen LogP contribution in [0.4, 0.5) is 56.7 Å². The minimum absolute atomic E-state index is 0.0250. The minimum atomic E-state index is -7.01. The van der Waals surface area contributed by atoms with Crippen molar-refractivity contribution in [3.05, 3.63) is 78.1 Å². The van der Waals surface area contributed by atoms with E-state index < -0.39 is 35.4 Å². The summed E-state index contributed by atoms with van der Waals surface area (Å²) < 4.78 is 119. The highest BCUT2D eigenvalue weighted by molar-refractivity contribution is 6.07. The zero-order chi connectivity index (χ0) is 27.9. The molecule has 4 aromatic rings. The van der Waals surface area contributed by atoms with Crippen molar-refractivity contribution in [2.75, 3.05) is 10.6 Å². The van der Waals surface area contributed by atoms with E-state index in [1.165, 1.54) is 18.3 Å². The Hall–Kier alpha value is -4.30. The molecule has 200 valence electrons. The number of aromatic amines is 1. The molecule has 0 unspecified atom stereocenters. The molecule has 1 amide bonds. The number of hydrogen-bond acceptors (Lipinski definition) is 4. The fourth-order valence-electron chi connectivity index (χ4n) is 3.36. The van der Waals surface area contributed by atoms with Gasteiger partial charge in [0.1, 0.15) is 5.82 Å². The lowest BCUT2D eigenvalue weighted by Gasteiger charge is -2.33. The number of benzene rings is 2. The molecule has 38 heavy (non-hydrogen) atoms. The van der Waals surface area contributed by atoms with E-state index in [9.17, 15) is 44.3 Å². The van der Waals surface area contributed by atoms with Gasteiger partial charge in [-0.3, -0.25) is 9.89 Å². The Morgan fingerprint density at radius 1 is 0.816 bits per heavy atom. The summed E-state index contributed by atoms with van der Waals surface area (Å²) in [6, 6.07) is 9.62. The highest BCUT2D eigenvalue weighted by atomic mass is 19.4. The first-order valence-corrected chi connectivity index (χ1v) is 10.4. The van der Waals surface area contributed by atoms with Crippen molar-refractivity contribution in [3.8, 4) is 0 Å². The van der Waals surface area contributed by atoms with Gasteiger partial charge >= 0.3 is 23.9 Å². The molecular formula is C23H14F9N5O. The molecule has 0 saturated heterocycles. The van der Waals surface area contributed by atoms with Gasteiger partial charge in [0.05, 0.1) is 17.3 Å². The predicted molar refractivity (Wildman–Crippen MR) is 118 cm³/mol. The molecule has 0 aliphatic rings. The van der Waals surface area contributed by atoms with Gasteiger partial charge in [0, 0.05) is 28.5 Å². The number of anilines is 3. The Kier molecular flexibility index (Phi) is 6.49. The maximum atomic E-state index is 14.1. The van der Waals surface area contributed by atoms with E-state index in [4.69, 9.17) is 0 Å². The molecule has 2 heterocycles. The lowest BCUT2D eigenvalue weighted by atomic mass is 9.96. The molecule has 0 fully saturated rings. The SMILES string of the molecule is O=C(Nc1ccc(C(F)(F)C(F)(F)C(F)(F)C(F)(F)F)cc1)c1cccnc1Nc1ccc2cn[nH]c2c1. The lowest BCUT2D eigenvalue weighted by Crippen LogP contribution is -2.59. The van der Waals surface area contributed by atoms with E-state index in [0.717, 1.165) is 5.39 Å². The Morgan fingerprint density at radius 3 is 2.13 bits per heavy atom. The van der Waals surface area contributed by atoms with Crippen LogP contribution in [0.3, 0.4) is 0 Å². The summed E-state index contributed by atoms with van der Waals surface area (Å²) in [6.07, 6.45) is -3.95. The summed E-state index contributed by atoms with van der Waals surface area (Å²) in [5.74, 6) is -20.4. The van der Waals surface area contributed by atoms with Crippen molar-refractivity contribution < 1.29 is 44.3 Å². The lowest BCUT2D eigenvalue weighted by molar-refractivity contribution is -0.399. The number of nitrogens with zero attached hydrogens (tertiary/aromatic N) is 2. The van der Waals surface area contributed by atoms with E-state index >= 15 is 0 Å². The second kappa shape index (κ2) is 9.22. The van der Waals surface area contributed by atoms with Crippen molar-refractivity contribution in [3.63, 3.8) is 0 Å². The number of carbonyl (C=O) groups is 1. The average Bonchev–Trinajstić information content (AvgIpc) is 3.32. The number of rotatable bonds is 7. The normalized spacial score (nSPS) is 13.0. The van der Waals surface area contributed by atoms with Crippen LogP contribution < -0.4 is 10.6 Å². The number of hydrogen-bond donors (Lipinski definition) is 3. The monoisotopic (exact) mass is 547 g/mol. The van der Waals surface area contributed by atoms with Gasteiger partial charge in [-0.25, -0.2) is 4.98 Å². The number of aromatic nitrogens is 3. The van der Waals surface area contributed by atoms with Gasteiger partial charge in [-0.1, -0.05) is 12.1 Å². The molecule has 3 N–H and O–H groups in total. The van der Waals surface area contributed by atoms with E-state index in [-0.39, 0.29) is 29.2 Å². The van der Waals surface area contributed by atoms with Gasteiger partial charge in [-0.05, 0) is 42.5 Å². The van der Waals surface area contributed by atoms with Crippen molar-refractivity contribution >= 4 is 34.0 Å². The van der Waals surface area contributed by atoms with Gasteiger partial charge < -0.3 is 10.6 Å². The fourth-order valence-corrected chi connectivity index (χ4v) is 3.36. The van der Waals surface area contributed by atoms with Gasteiger partial charge in [0.15, 0.2) is 0 Å². The molecular weight excluding hydrogens is 533 g/mol. The third kappa shape index (κ3) is 4.59. The van der Waals surface area contributed by atoms with E-state index in [1.54, 1.807) is 24.4 Å². The summed E-state index contributed by atoms with van der Waals surface area (Å²) in [6.45, 7) is 0. The molecule has 0 radical (unpaired) electrons. The zero-order valence-corrected chi connectivity index (χ0v) is 18.6. The number of halogens is 9. The third-order valence-electron chi connectivity index (χ3n) is 5.41. The first kappa shape index (κ1) is 26.8. The molecule has 6 nitrogen and oxygen atoms in total. The van der Waals surface area contributed by atoms with Crippen molar-refractivity contribution in [2.24, 2.45) is 0 Å². The third-order valence-corrected chi connectivity index (χ3v) is 5.41. The molecule has 2 aromatic carbocycles. The van der Waals surface area contributed by atoms with Crippen LogP contribution in [0.2, 0.25) is 0 Å². The Labute approximate surface area is 206 Å². The van der Waals surface area contributed by atoms with Crippen LogP contribution in [0, 0.1) is 0 Å². The van der Waals surface area contributed by atoms with Gasteiger partial charge in [0.2, 0.25) is 0 Å². The molecule has 0 aliphatic carbocycles. The summed E-state index contributed by atoms with van der Waals surface area (Å²) in [4.78, 5) is 16.9.